The standard InChI is InChI=1S/C13H19N3O/c1-9-4-6-14-13(15-9)16-11-5-7-17-12(8-11)10-2-3-10/h4,6,10-12H,2-3,5,7-8H2,1H3,(H,14,15,16). The molecule has 0 aromatic carbocycles. The van der Waals surface area contributed by atoms with Crippen LogP contribution in [0.5, 0.6) is 0 Å². The van der Waals surface area contributed by atoms with Crippen molar-refractivity contribution in [3.8, 4) is 0 Å². The van der Waals surface area contributed by atoms with Crippen LogP contribution in [0.3, 0.4) is 0 Å². The molecule has 1 aromatic heterocycles. The van der Waals surface area contributed by atoms with Crippen molar-refractivity contribution in [2.24, 2.45) is 5.92 Å². The summed E-state index contributed by atoms with van der Waals surface area (Å²) in [5.74, 6) is 1.57. The van der Waals surface area contributed by atoms with E-state index in [9.17, 15) is 0 Å². The van der Waals surface area contributed by atoms with Crippen molar-refractivity contribution in [1.82, 2.24) is 9.97 Å². The SMILES string of the molecule is Cc1ccnc(NC2CCOC(C3CC3)C2)n1. The molecule has 0 bridgehead atoms. The molecule has 1 saturated heterocycles. The summed E-state index contributed by atoms with van der Waals surface area (Å²) in [5.41, 5.74) is 1.01. The smallest absolute Gasteiger partial charge is 0.223 e. The fourth-order valence-corrected chi connectivity index (χ4v) is 2.46. The van der Waals surface area contributed by atoms with Crippen molar-refractivity contribution in [1.29, 1.82) is 0 Å². The van der Waals surface area contributed by atoms with Crippen LogP contribution in [-0.2, 0) is 4.74 Å². The van der Waals surface area contributed by atoms with Gasteiger partial charge < -0.3 is 10.1 Å². The summed E-state index contributed by atoms with van der Waals surface area (Å²) >= 11 is 0. The van der Waals surface area contributed by atoms with Gasteiger partial charge in [0.2, 0.25) is 5.95 Å². The summed E-state index contributed by atoms with van der Waals surface area (Å²) in [6.07, 6.45) is 7.12. The zero-order valence-electron chi connectivity index (χ0n) is 10.2. The lowest BCUT2D eigenvalue weighted by molar-refractivity contribution is -0.00228. The minimum atomic E-state index is 0.464. The maximum absolute atomic E-state index is 5.81. The van der Waals surface area contributed by atoms with E-state index in [0.29, 0.717) is 12.1 Å². The zero-order valence-corrected chi connectivity index (χ0v) is 10.2. The summed E-state index contributed by atoms with van der Waals surface area (Å²) in [7, 11) is 0. The molecule has 2 aliphatic rings. The monoisotopic (exact) mass is 233 g/mol. The van der Waals surface area contributed by atoms with E-state index >= 15 is 0 Å². The highest BCUT2D eigenvalue weighted by Crippen LogP contribution is 2.38. The molecule has 2 atom stereocenters. The van der Waals surface area contributed by atoms with Crippen LogP contribution in [0.25, 0.3) is 0 Å². The molecule has 1 aliphatic carbocycles. The summed E-state index contributed by atoms with van der Waals surface area (Å²) in [5, 5.41) is 3.43. The van der Waals surface area contributed by atoms with E-state index < -0.39 is 0 Å². The number of nitrogens with one attached hydrogen (secondary N) is 1. The highest BCUT2D eigenvalue weighted by molar-refractivity contribution is 5.26. The second-order valence-electron chi connectivity index (χ2n) is 5.13. The molecule has 1 saturated carbocycles. The predicted octanol–water partition coefficient (Wildman–Crippen LogP) is 2.15. The van der Waals surface area contributed by atoms with Gasteiger partial charge in [-0.15, -0.1) is 0 Å². The van der Waals surface area contributed by atoms with Crippen molar-refractivity contribution in [2.45, 2.75) is 44.8 Å². The Morgan fingerprint density at radius 3 is 3.00 bits per heavy atom. The van der Waals surface area contributed by atoms with E-state index in [1.807, 2.05) is 19.2 Å². The van der Waals surface area contributed by atoms with Crippen molar-refractivity contribution >= 4 is 5.95 Å². The number of ether oxygens (including phenoxy) is 1. The lowest BCUT2D eigenvalue weighted by Gasteiger charge is -2.30. The van der Waals surface area contributed by atoms with Gasteiger partial charge >= 0.3 is 0 Å². The first kappa shape index (κ1) is 11.0. The van der Waals surface area contributed by atoms with Gasteiger partial charge in [-0.1, -0.05) is 0 Å². The third-order valence-electron chi connectivity index (χ3n) is 3.59. The normalized spacial score (nSPS) is 29.0. The van der Waals surface area contributed by atoms with Gasteiger partial charge in [0, 0.05) is 24.5 Å². The van der Waals surface area contributed by atoms with Crippen LogP contribution in [0, 0.1) is 12.8 Å². The summed E-state index contributed by atoms with van der Waals surface area (Å²) in [6.45, 7) is 2.86. The molecule has 0 amide bonds. The molecule has 1 aromatic rings. The molecule has 92 valence electrons. The van der Waals surface area contributed by atoms with E-state index in [0.717, 1.165) is 37.0 Å². The summed E-state index contributed by atoms with van der Waals surface area (Å²) < 4.78 is 5.81. The van der Waals surface area contributed by atoms with Crippen LogP contribution in [0.15, 0.2) is 12.3 Å². The van der Waals surface area contributed by atoms with Gasteiger partial charge in [-0.2, -0.15) is 0 Å². The quantitative estimate of drug-likeness (QED) is 0.869. The predicted molar refractivity (Wildman–Crippen MR) is 65.9 cm³/mol. The molecular weight excluding hydrogens is 214 g/mol. The number of anilines is 1. The van der Waals surface area contributed by atoms with Gasteiger partial charge in [-0.25, -0.2) is 9.97 Å². The second kappa shape index (κ2) is 4.61. The van der Waals surface area contributed by atoms with Gasteiger partial charge in [0.1, 0.15) is 0 Å². The molecule has 4 heteroatoms. The minimum Gasteiger partial charge on any atom is -0.378 e. The maximum atomic E-state index is 5.81. The van der Waals surface area contributed by atoms with Crippen LogP contribution in [0.2, 0.25) is 0 Å². The van der Waals surface area contributed by atoms with Crippen LogP contribution in [-0.4, -0.2) is 28.7 Å². The first-order valence-corrected chi connectivity index (χ1v) is 6.49. The maximum Gasteiger partial charge on any atom is 0.223 e. The Bertz CT molecular complexity index is 392. The molecule has 3 rings (SSSR count). The van der Waals surface area contributed by atoms with E-state index in [2.05, 4.69) is 15.3 Å². The van der Waals surface area contributed by atoms with Gasteiger partial charge in [-0.3, -0.25) is 0 Å². The van der Waals surface area contributed by atoms with Gasteiger partial charge in [0.25, 0.3) is 0 Å². The van der Waals surface area contributed by atoms with Crippen LogP contribution in [0.1, 0.15) is 31.4 Å². The van der Waals surface area contributed by atoms with E-state index in [1.165, 1.54) is 12.8 Å². The Labute approximate surface area is 102 Å². The van der Waals surface area contributed by atoms with Gasteiger partial charge in [0.15, 0.2) is 0 Å². The van der Waals surface area contributed by atoms with Crippen LogP contribution >= 0.6 is 0 Å². The van der Waals surface area contributed by atoms with Crippen LogP contribution < -0.4 is 5.32 Å². The third kappa shape index (κ3) is 2.75. The number of aromatic nitrogens is 2. The molecule has 4 nitrogen and oxygen atoms in total. The van der Waals surface area contributed by atoms with E-state index in [1.54, 1.807) is 0 Å². The Morgan fingerprint density at radius 1 is 1.35 bits per heavy atom. The second-order valence-corrected chi connectivity index (χ2v) is 5.13. The fraction of sp³-hybridized carbons (Fsp3) is 0.692. The van der Waals surface area contributed by atoms with Crippen molar-refractivity contribution < 1.29 is 4.74 Å². The molecule has 1 N–H and O–H groups in total. The Morgan fingerprint density at radius 2 is 2.24 bits per heavy atom. The molecule has 2 unspecified atom stereocenters. The van der Waals surface area contributed by atoms with Gasteiger partial charge in [0.05, 0.1) is 6.10 Å². The highest BCUT2D eigenvalue weighted by atomic mass is 16.5. The first-order valence-electron chi connectivity index (χ1n) is 6.49. The molecule has 1 aliphatic heterocycles. The highest BCUT2D eigenvalue weighted by Gasteiger charge is 2.35. The minimum absolute atomic E-state index is 0.464. The summed E-state index contributed by atoms with van der Waals surface area (Å²) in [6, 6.07) is 2.39. The van der Waals surface area contributed by atoms with Crippen molar-refractivity contribution in [3.05, 3.63) is 18.0 Å². The van der Waals surface area contributed by atoms with Crippen molar-refractivity contribution in [3.63, 3.8) is 0 Å². The topological polar surface area (TPSA) is 47.0 Å². The molecule has 2 heterocycles. The number of rotatable bonds is 3. The average Bonchev–Trinajstić information content (AvgIpc) is 3.13. The molecule has 0 spiro atoms. The Kier molecular flexibility index (Phi) is 2.97. The Hall–Kier alpha value is -1.16. The molecule has 0 radical (unpaired) electrons. The molecular formula is C13H19N3O. The summed E-state index contributed by atoms with van der Waals surface area (Å²) in [4.78, 5) is 8.65. The average molecular weight is 233 g/mol. The number of nitrogens with zero attached hydrogens (tertiary/aromatic N) is 2. The lowest BCUT2D eigenvalue weighted by atomic mass is 10.0. The number of aryl methyl sites for hydroxylation is 1. The first-order chi connectivity index (χ1) is 8.31. The van der Waals surface area contributed by atoms with Crippen molar-refractivity contribution in [2.75, 3.05) is 11.9 Å². The fourth-order valence-electron chi connectivity index (χ4n) is 2.46. The van der Waals surface area contributed by atoms with E-state index in [4.69, 9.17) is 4.74 Å². The third-order valence-corrected chi connectivity index (χ3v) is 3.59. The Balaban J connectivity index is 1.60. The number of hydrogen-bond acceptors (Lipinski definition) is 4. The van der Waals surface area contributed by atoms with E-state index in [-0.39, 0.29) is 0 Å². The zero-order chi connectivity index (χ0) is 11.7. The largest absolute Gasteiger partial charge is 0.378 e. The lowest BCUT2D eigenvalue weighted by Crippen LogP contribution is -2.35. The molecule has 17 heavy (non-hydrogen) atoms. The van der Waals surface area contributed by atoms with Crippen LogP contribution in [0.4, 0.5) is 5.95 Å². The molecule has 2 fully saturated rings. The van der Waals surface area contributed by atoms with Gasteiger partial charge in [-0.05, 0) is 44.6 Å². The number of hydrogen-bond donors (Lipinski definition) is 1.